The molecule has 1 saturated carbocycles. The molecule has 0 radical (unpaired) electrons. The van der Waals surface area contributed by atoms with E-state index in [9.17, 15) is 0 Å². The van der Waals surface area contributed by atoms with E-state index in [2.05, 4.69) is 60.6 Å². The van der Waals surface area contributed by atoms with Gasteiger partial charge in [-0.05, 0) is 63.8 Å². The average Bonchev–Trinajstić information content (AvgIpc) is 3.33. The van der Waals surface area contributed by atoms with Crippen molar-refractivity contribution in [3.8, 4) is 0 Å². The summed E-state index contributed by atoms with van der Waals surface area (Å²) < 4.78 is 1.95. The van der Waals surface area contributed by atoms with Crippen molar-refractivity contribution >= 4 is 17.6 Å². The zero-order valence-electron chi connectivity index (χ0n) is 16.9. The Morgan fingerprint density at radius 3 is 2.81 bits per heavy atom. The first-order valence-electron chi connectivity index (χ1n) is 9.71. The standard InChI is InChI=1S/C21H30ClN5/c1-6-23-21(24-13(2)10-18-14(3)26-27(5)15(18)4)25-20-12-19(20)16-8-7-9-17(22)11-16/h7-9,11,13,19-20H,6,10,12H2,1-5H3,(H2,23,24,25). The lowest BCUT2D eigenvalue weighted by atomic mass is 10.1. The molecule has 3 rings (SSSR count). The van der Waals surface area contributed by atoms with Gasteiger partial charge in [-0.2, -0.15) is 5.10 Å². The van der Waals surface area contributed by atoms with Gasteiger partial charge < -0.3 is 10.6 Å². The molecule has 2 N–H and O–H groups in total. The summed E-state index contributed by atoms with van der Waals surface area (Å²) in [5.74, 6) is 1.39. The van der Waals surface area contributed by atoms with Gasteiger partial charge in [0.2, 0.25) is 0 Å². The van der Waals surface area contributed by atoms with E-state index in [-0.39, 0.29) is 6.04 Å². The number of hydrogen-bond donors (Lipinski definition) is 2. The number of hydrogen-bond acceptors (Lipinski definition) is 2. The monoisotopic (exact) mass is 387 g/mol. The molecule has 1 aliphatic carbocycles. The molecule has 0 spiro atoms. The van der Waals surface area contributed by atoms with E-state index in [0.29, 0.717) is 12.0 Å². The van der Waals surface area contributed by atoms with Gasteiger partial charge in [-0.25, -0.2) is 0 Å². The second-order valence-electron chi connectivity index (χ2n) is 7.49. The third kappa shape index (κ3) is 4.83. The summed E-state index contributed by atoms with van der Waals surface area (Å²) in [6.45, 7) is 9.21. The van der Waals surface area contributed by atoms with E-state index >= 15 is 0 Å². The number of guanidine groups is 1. The Hall–Kier alpha value is -2.01. The predicted octanol–water partition coefficient (Wildman–Crippen LogP) is 3.73. The van der Waals surface area contributed by atoms with Crippen LogP contribution in [0.2, 0.25) is 5.02 Å². The minimum atomic E-state index is 0.271. The minimum absolute atomic E-state index is 0.271. The highest BCUT2D eigenvalue weighted by Gasteiger charge is 2.39. The van der Waals surface area contributed by atoms with Gasteiger partial charge in [0, 0.05) is 42.3 Å². The van der Waals surface area contributed by atoms with Crippen LogP contribution >= 0.6 is 11.6 Å². The van der Waals surface area contributed by atoms with Gasteiger partial charge in [0.25, 0.3) is 0 Å². The van der Waals surface area contributed by atoms with Crippen molar-refractivity contribution in [3.63, 3.8) is 0 Å². The van der Waals surface area contributed by atoms with Gasteiger partial charge in [0.05, 0.1) is 5.69 Å². The number of aryl methyl sites for hydroxylation is 2. The zero-order chi connectivity index (χ0) is 19.6. The van der Waals surface area contributed by atoms with Crippen LogP contribution in [0.25, 0.3) is 0 Å². The Labute approximate surface area is 167 Å². The van der Waals surface area contributed by atoms with Gasteiger partial charge in [-0.15, -0.1) is 0 Å². The molecule has 0 saturated heterocycles. The van der Waals surface area contributed by atoms with Crippen molar-refractivity contribution in [2.45, 2.75) is 58.5 Å². The summed E-state index contributed by atoms with van der Waals surface area (Å²) in [5, 5.41) is 12.5. The van der Waals surface area contributed by atoms with Gasteiger partial charge >= 0.3 is 0 Å². The molecular formula is C21H30ClN5. The SMILES string of the molecule is CCN=C(NC(C)Cc1c(C)nn(C)c1C)NC1CC1c1cccc(Cl)c1. The molecule has 0 amide bonds. The average molecular weight is 388 g/mol. The van der Waals surface area contributed by atoms with E-state index in [1.807, 2.05) is 23.9 Å². The highest BCUT2D eigenvalue weighted by Crippen LogP contribution is 2.41. The van der Waals surface area contributed by atoms with Crippen molar-refractivity contribution in [2.75, 3.05) is 6.54 Å². The maximum absolute atomic E-state index is 6.13. The molecule has 1 heterocycles. The Bertz CT molecular complexity index is 826. The predicted molar refractivity (Wildman–Crippen MR) is 113 cm³/mol. The van der Waals surface area contributed by atoms with E-state index in [4.69, 9.17) is 11.6 Å². The third-order valence-electron chi connectivity index (χ3n) is 5.26. The van der Waals surface area contributed by atoms with Crippen molar-refractivity contribution in [1.29, 1.82) is 0 Å². The van der Waals surface area contributed by atoms with Gasteiger partial charge in [0.15, 0.2) is 5.96 Å². The van der Waals surface area contributed by atoms with Crippen LogP contribution in [0, 0.1) is 13.8 Å². The second kappa shape index (κ2) is 8.34. The van der Waals surface area contributed by atoms with Gasteiger partial charge in [-0.1, -0.05) is 23.7 Å². The van der Waals surface area contributed by atoms with Crippen LogP contribution in [0.3, 0.4) is 0 Å². The number of rotatable bonds is 6. The van der Waals surface area contributed by atoms with E-state index < -0.39 is 0 Å². The molecule has 1 aromatic heterocycles. The van der Waals surface area contributed by atoms with E-state index in [0.717, 1.165) is 36.1 Å². The number of benzene rings is 1. The van der Waals surface area contributed by atoms with Crippen LogP contribution in [0.1, 0.15) is 48.7 Å². The molecule has 1 fully saturated rings. The topological polar surface area (TPSA) is 54.2 Å². The van der Waals surface area contributed by atoms with Crippen molar-refractivity contribution in [2.24, 2.45) is 12.0 Å². The molecule has 6 heteroatoms. The number of aromatic nitrogens is 2. The van der Waals surface area contributed by atoms with Gasteiger partial charge in [0.1, 0.15) is 0 Å². The fourth-order valence-electron chi connectivity index (χ4n) is 3.63. The van der Waals surface area contributed by atoms with Crippen molar-refractivity contribution < 1.29 is 0 Å². The summed E-state index contributed by atoms with van der Waals surface area (Å²) in [6, 6.07) is 8.84. The summed E-state index contributed by atoms with van der Waals surface area (Å²) >= 11 is 6.13. The van der Waals surface area contributed by atoms with E-state index in [1.165, 1.54) is 16.8 Å². The number of aliphatic imine (C=N–C) groups is 1. The summed E-state index contributed by atoms with van der Waals surface area (Å²) in [7, 11) is 2.00. The number of nitrogens with zero attached hydrogens (tertiary/aromatic N) is 3. The fraction of sp³-hybridized carbons (Fsp3) is 0.524. The van der Waals surface area contributed by atoms with Crippen molar-refractivity contribution in [3.05, 3.63) is 51.8 Å². The number of halogens is 1. The molecule has 3 unspecified atom stereocenters. The van der Waals surface area contributed by atoms with Crippen LogP contribution < -0.4 is 10.6 Å². The molecule has 2 aromatic rings. The zero-order valence-corrected chi connectivity index (χ0v) is 17.6. The van der Waals surface area contributed by atoms with Crippen LogP contribution in [-0.2, 0) is 13.5 Å². The number of nitrogens with one attached hydrogen (secondary N) is 2. The highest BCUT2D eigenvalue weighted by molar-refractivity contribution is 6.30. The first-order valence-corrected chi connectivity index (χ1v) is 10.1. The molecular weight excluding hydrogens is 358 g/mol. The van der Waals surface area contributed by atoms with Crippen molar-refractivity contribution in [1.82, 2.24) is 20.4 Å². The molecule has 27 heavy (non-hydrogen) atoms. The molecule has 1 aromatic carbocycles. The molecule has 3 atom stereocenters. The van der Waals surface area contributed by atoms with E-state index in [1.54, 1.807) is 0 Å². The van der Waals surface area contributed by atoms with Gasteiger partial charge in [-0.3, -0.25) is 9.67 Å². The summed E-state index contributed by atoms with van der Waals surface area (Å²) in [6.07, 6.45) is 2.04. The van der Waals surface area contributed by atoms with Crippen LogP contribution in [0.15, 0.2) is 29.3 Å². The lowest BCUT2D eigenvalue weighted by Gasteiger charge is -2.19. The molecule has 146 valence electrons. The first-order chi connectivity index (χ1) is 12.9. The Morgan fingerprint density at radius 1 is 1.41 bits per heavy atom. The first kappa shape index (κ1) is 19.7. The van der Waals surface area contributed by atoms with Crippen LogP contribution in [0.4, 0.5) is 0 Å². The summed E-state index contributed by atoms with van der Waals surface area (Å²) in [5.41, 5.74) is 4.95. The summed E-state index contributed by atoms with van der Waals surface area (Å²) in [4.78, 5) is 4.63. The van der Waals surface area contributed by atoms with Crippen LogP contribution in [0.5, 0.6) is 0 Å². The molecule has 5 nitrogen and oxygen atoms in total. The molecule has 0 aliphatic heterocycles. The maximum atomic E-state index is 6.13. The lowest BCUT2D eigenvalue weighted by molar-refractivity contribution is 0.632. The molecule has 1 aliphatic rings. The third-order valence-corrected chi connectivity index (χ3v) is 5.49. The lowest BCUT2D eigenvalue weighted by Crippen LogP contribution is -2.44. The largest absolute Gasteiger partial charge is 0.354 e. The minimum Gasteiger partial charge on any atom is -0.354 e. The second-order valence-corrected chi connectivity index (χ2v) is 7.93. The smallest absolute Gasteiger partial charge is 0.191 e. The Balaban J connectivity index is 1.59. The Kier molecular flexibility index (Phi) is 6.10. The maximum Gasteiger partial charge on any atom is 0.191 e. The Morgan fingerprint density at radius 2 is 2.19 bits per heavy atom. The highest BCUT2D eigenvalue weighted by atomic mass is 35.5. The normalized spacial score (nSPS) is 20.4. The quantitative estimate of drug-likeness (QED) is 0.586. The fourth-order valence-corrected chi connectivity index (χ4v) is 3.83. The van der Waals surface area contributed by atoms with Crippen LogP contribution in [-0.4, -0.2) is 34.4 Å². The molecule has 0 bridgehead atoms.